The second-order valence-corrected chi connectivity index (χ2v) is 4.94. The highest BCUT2D eigenvalue weighted by Crippen LogP contribution is 2.29. The summed E-state index contributed by atoms with van der Waals surface area (Å²) in [4.78, 5) is 11.6. The fraction of sp³-hybridized carbons (Fsp3) is 0.625. The molecule has 3 unspecified atom stereocenters. The van der Waals surface area contributed by atoms with Crippen LogP contribution in [-0.2, 0) is 9.53 Å². The van der Waals surface area contributed by atoms with Crippen LogP contribution in [0.4, 0.5) is 0 Å². The largest absolute Gasteiger partial charge is 0.469 e. The van der Waals surface area contributed by atoms with Crippen molar-refractivity contribution in [2.75, 3.05) is 7.11 Å². The van der Waals surface area contributed by atoms with Gasteiger partial charge < -0.3 is 4.74 Å². The van der Waals surface area contributed by atoms with Crippen molar-refractivity contribution in [1.29, 1.82) is 0 Å². The molecule has 1 rings (SSSR count). The molecule has 0 aromatic heterocycles. The first-order valence-corrected chi connectivity index (χ1v) is 5.52. The topological polar surface area (TPSA) is 26.3 Å². The van der Waals surface area contributed by atoms with Gasteiger partial charge in [0.15, 0.2) is 0 Å². The van der Waals surface area contributed by atoms with Crippen molar-refractivity contribution in [2.45, 2.75) is 16.1 Å². The van der Waals surface area contributed by atoms with Crippen LogP contribution in [0.2, 0.25) is 0 Å². The Balaban J connectivity index is 2.65. The number of methoxy groups -OCH3 is 1. The van der Waals surface area contributed by atoms with E-state index in [0.717, 1.165) is 6.42 Å². The standard InChI is InChI=1S/C8H10Br2O2/c1-12-8(11)6-4-5(9)2-3-7(6)10/h2-3,5-7H,4H2,1H3. The molecule has 0 bridgehead atoms. The number of ether oxygens (including phenoxy) is 1. The van der Waals surface area contributed by atoms with Crippen LogP contribution in [0.1, 0.15) is 6.42 Å². The number of rotatable bonds is 1. The SMILES string of the molecule is COC(=O)C1CC(Br)C=CC1Br. The molecule has 3 atom stereocenters. The molecule has 0 N–H and O–H groups in total. The minimum atomic E-state index is -0.148. The van der Waals surface area contributed by atoms with Crippen molar-refractivity contribution < 1.29 is 9.53 Å². The maximum Gasteiger partial charge on any atom is 0.310 e. The highest BCUT2D eigenvalue weighted by Gasteiger charge is 2.30. The van der Waals surface area contributed by atoms with Crippen molar-refractivity contribution in [1.82, 2.24) is 0 Å². The van der Waals surface area contributed by atoms with Crippen LogP contribution >= 0.6 is 31.9 Å². The molecule has 2 nitrogen and oxygen atoms in total. The molecule has 1 aliphatic carbocycles. The first-order chi connectivity index (χ1) is 5.65. The van der Waals surface area contributed by atoms with E-state index in [-0.39, 0.29) is 21.5 Å². The zero-order valence-electron chi connectivity index (χ0n) is 6.67. The van der Waals surface area contributed by atoms with Gasteiger partial charge in [-0.25, -0.2) is 0 Å². The molecule has 0 spiro atoms. The Morgan fingerprint density at radius 1 is 1.50 bits per heavy atom. The minimum Gasteiger partial charge on any atom is -0.469 e. The van der Waals surface area contributed by atoms with Gasteiger partial charge in [-0.05, 0) is 6.42 Å². The summed E-state index contributed by atoms with van der Waals surface area (Å²) in [7, 11) is 1.42. The van der Waals surface area contributed by atoms with E-state index in [1.165, 1.54) is 7.11 Å². The monoisotopic (exact) mass is 296 g/mol. The number of hydrogen-bond acceptors (Lipinski definition) is 2. The highest BCUT2D eigenvalue weighted by molar-refractivity contribution is 9.10. The van der Waals surface area contributed by atoms with Crippen LogP contribution in [0.15, 0.2) is 12.2 Å². The lowest BCUT2D eigenvalue weighted by molar-refractivity contribution is -0.145. The maximum atomic E-state index is 11.2. The third-order valence-electron chi connectivity index (χ3n) is 1.87. The second kappa shape index (κ2) is 4.42. The maximum absolute atomic E-state index is 11.2. The summed E-state index contributed by atoms with van der Waals surface area (Å²) in [6, 6.07) is 0. The Bertz CT molecular complexity index is 203. The summed E-state index contributed by atoms with van der Waals surface area (Å²) >= 11 is 6.85. The van der Waals surface area contributed by atoms with Gasteiger partial charge in [-0.3, -0.25) is 4.79 Å². The van der Waals surface area contributed by atoms with E-state index in [0.29, 0.717) is 0 Å². The molecule has 0 aromatic rings. The molecule has 0 aromatic carbocycles. The molecule has 0 saturated carbocycles. The smallest absolute Gasteiger partial charge is 0.310 e. The number of alkyl halides is 2. The molecule has 0 aliphatic heterocycles. The Hall–Kier alpha value is 0.170. The summed E-state index contributed by atoms with van der Waals surface area (Å²) in [6.07, 6.45) is 4.81. The first-order valence-electron chi connectivity index (χ1n) is 3.69. The number of esters is 1. The molecule has 0 radical (unpaired) electrons. The van der Waals surface area contributed by atoms with Crippen LogP contribution in [0.5, 0.6) is 0 Å². The first kappa shape index (κ1) is 10.3. The normalized spacial score (nSPS) is 34.8. The van der Waals surface area contributed by atoms with E-state index in [2.05, 4.69) is 36.6 Å². The number of carbonyl (C=O) groups is 1. The van der Waals surface area contributed by atoms with Crippen molar-refractivity contribution in [3.8, 4) is 0 Å². The van der Waals surface area contributed by atoms with E-state index in [9.17, 15) is 4.79 Å². The lowest BCUT2D eigenvalue weighted by atomic mass is 9.94. The number of allylic oxidation sites excluding steroid dienone is 2. The Morgan fingerprint density at radius 2 is 2.17 bits per heavy atom. The van der Waals surface area contributed by atoms with E-state index < -0.39 is 0 Å². The fourth-order valence-electron chi connectivity index (χ4n) is 1.19. The lowest BCUT2D eigenvalue weighted by Crippen LogP contribution is -2.29. The predicted molar refractivity (Wildman–Crippen MR) is 54.7 cm³/mol. The van der Waals surface area contributed by atoms with Crippen LogP contribution in [0, 0.1) is 5.92 Å². The summed E-state index contributed by atoms with van der Waals surface area (Å²) in [5.74, 6) is -0.213. The van der Waals surface area contributed by atoms with E-state index in [1.54, 1.807) is 0 Å². The average molecular weight is 298 g/mol. The molecule has 0 fully saturated rings. The zero-order valence-corrected chi connectivity index (χ0v) is 9.84. The molecule has 0 amide bonds. The molecule has 1 aliphatic rings. The van der Waals surface area contributed by atoms with Gasteiger partial charge in [0.2, 0.25) is 0 Å². The molecule has 0 saturated heterocycles. The van der Waals surface area contributed by atoms with E-state index >= 15 is 0 Å². The van der Waals surface area contributed by atoms with Gasteiger partial charge in [0.05, 0.1) is 13.0 Å². The van der Waals surface area contributed by atoms with Crippen LogP contribution in [0.3, 0.4) is 0 Å². The second-order valence-electron chi connectivity index (χ2n) is 2.71. The quantitative estimate of drug-likeness (QED) is 0.422. The third kappa shape index (κ3) is 2.33. The van der Waals surface area contributed by atoms with Gasteiger partial charge in [0.25, 0.3) is 0 Å². The molecular weight excluding hydrogens is 288 g/mol. The number of halogens is 2. The van der Waals surface area contributed by atoms with Gasteiger partial charge in [-0.15, -0.1) is 0 Å². The summed E-state index contributed by atoms with van der Waals surface area (Å²) in [6.45, 7) is 0. The van der Waals surface area contributed by atoms with E-state index in [1.807, 2.05) is 12.2 Å². The highest BCUT2D eigenvalue weighted by atomic mass is 79.9. The Kier molecular flexibility index (Phi) is 3.77. The minimum absolute atomic E-state index is 0.0654. The Labute approximate surface area is 88.6 Å². The molecule has 68 valence electrons. The van der Waals surface area contributed by atoms with Crippen molar-refractivity contribution in [3.63, 3.8) is 0 Å². The summed E-state index contributed by atoms with van der Waals surface area (Å²) in [5.41, 5.74) is 0. The van der Waals surface area contributed by atoms with Crippen molar-refractivity contribution in [2.24, 2.45) is 5.92 Å². The number of carbonyl (C=O) groups excluding carboxylic acids is 1. The summed E-state index contributed by atoms with van der Waals surface area (Å²) in [5, 5.41) is 0. The van der Waals surface area contributed by atoms with Gasteiger partial charge in [0, 0.05) is 9.65 Å². The van der Waals surface area contributed by atoms with Crippen LogP contribution in [-0.4, -0.2) is 22.7 Å². The Morgan fingerprint density at radius 3 is 2.75 bits per heavy atom. The fourth-order valence-corrected chi connectivity index (χ4v) is 2.38. The van der Waals surface area contributed by atoms with Gasteiger partial charge in [0.1, 0.15) is 0 Å². The molecule has 4 heteroatoms. The van der Waals surface area contributed by atoms with E-state index in [4.69, 9.17) is 0 Å². The van der Waals surface area contributed by atoms with Crippen LogP contribution < -0.4 is 0 Å². The van der Waals surface area contributed by atoms with Crippen molar-refractivity contribution in [3.05, 3.63) is 12.2 Å². The molecule has 0 heterocycles. The van der Waals surface area contributed by atoms with Crippen LogP contribution in [0.25, 0.3) is 0 Å². The van der Waals surface area contributed by atoms with Gasteiger partial charge in [-0.1, -0.05) is 44.0 Å². The molecular formula is C8H10Br2O2. The predicted octanol–water partition coefficient (Wildman–Crippen LogP) is 2.26. The number of hydrogen-bond donors (Lipinski definition) is 0. The van der Waals surface area contributed by atoms with Gasteiger partial charge in [-0.2, -0.15) is 0 Å². The van der Waals surface area contributed by atoms with Gasteiger partial charge >= 0.3 is 5.97 Å². The van der Waals surface area contributed by atoms with Crippen molar-refractivity contribution >= 4 is 37.8 Å². The lowest BCUT2D eigenvalue weighted by Gasteiger charge is -2.23. The molecule has 12 heavy (non-hydrogen) atoms. The summed E-state index contributed by atoms with van der Waals surface area (Å²) < 4.78 is 4.68. The average Bonchev–Trinajstić information content (AvgIpc) is 2.08. The zero-order chi connectivity index (χ0) is 9.14. The third-order valence-corrected chi connectivity index (χ3v) is 3.49.